The maximum atomic E-state index is 13.0. The number of furan rings is 1. The Bertz CT molecular complexity index is 1120. The number of thioether (sulfide) groups is 1. The number of benzene rings is 2. The minimum atomic E-state index is -0.122. The van der Waals surface area contributed by atoms with Gasteiger partial charge in [-0.25, -0.2) is 0 Å². The highest BCUT2D eigenvalue weighted by Gasteiger charge is 2.34. The van der Waals surface area contributed by atoms with Crippen molar-refractivity contribution < 1.29 is 9.21 Å². The maximum absolute atomic E-state index is 13.0. The van der Waals surface area contributed by atoms with Crippen molar-refractivity contribution in [2.45, 2.75) is 13.8 Å². The van der Waals surface area contributed by atoms with Gasteiger partial charge >= 0.3 is 0 Å². The fourth-order valence-electron chi connectivity index (χ4n) is 3.06. The number of rotatable bonds is 3. The summed E-state index contributed by atoms with van der Waals surface area (Å²) in [5.74, 6) is 1.26. The zero-order valence-electron chi connectivity index (χ0n) is 15.2. The van der Waals surface area contributed by atoms with Crippen LogP contribution < -0.4 is 4.90 Å². The summed E-state index contributed by atoms with van der Waals surface area (Å²) >= 11 is 10.2. The van der Waals surface area contributed by atoms with Crippen molar-refractivity contribution in [1.82, 2.24) is 0 Å². The first-order valence-corrected chi connectivity index (χ1v) is 10.6. The van der Waals surface area contributed by atoms with Crippen LogP contribution in [0.2, 0.25) is 0 Å². The Morgan fingerprint density at radius 2 is 1.82 bits per heavy atom. The van der Waals surface area contributed by atoms with Crippen LogP contribution >= 0.6 is 39.9 Å². The van der Waals surface area contributed by atoms with Gasteiger partial charge in [0.25, 0.3) is 5.91 Å². The van der Waals surface area contributed by atoms with E-state index in [0.29, 0.717) is 15.0 Å². The molecule has 6 heteroatoms. The molecule has 140 valence electrons. The molecule has 0 spiro atoms. The second-order valence-corrected chi connectivity index (χ2v) is 9.11. The number of carbonyl (C=O) groups is 1. The molecule has 0 N–H and O–H groups in total. The van der Waals surface area contributed by atoms with Crippen molar-refractivity contribution in [2.24, 2.45) is 0 Å². The van der Waals surface area contributed by atoms with E-state index in [4.69, 9.17) is 16.6 Å². The van der Waals surface area contributed by atoms with E-state index in [1.54, 1.807) is 11.0 Å². The van der Waals surface area contributed by atoms with Gasteiger partial charge in [0.2, 0.25) is 0 Å². The van der Waals surface area contributed by atoms with Crippen molar-refractivity contribution in [1.29, 1.82) is 0 Å². The van der Waals surface area contributed by atoms with Crippen molar-refractivity contribution in [2.75, 3.05) is 4.90 Å². The summed E-state index contributed by atoms with van der Waals surface area (Å²) in [6.45, 7) is 4.02. The molecule has 0 aliphatic carbocycles. The summed E-state index contributed by atoms with van der Waals surface area (Å²) in [6.07, 6.45) is 1.76. The average molecular weight is 470 g/mol. The molecular formula is C22H16BrNO2S2. The molecule has 0 unspecified atom stereocenters. The number of halogens is 1. The van der Waals surface area contributed by atoms with Gasteiger partial charge in [-0.15, -0.1) is 0 Å². The molecule has 1 saturated heterocycles. The Balaban J connectivity index is 1.62. The molecule has 1 aliphatic rings. The molecule has 0 radical (unpaired) electrons. The van der Waals surface area contributed by atoms with Crippen molar-refractivity contribution >= 4 is 61.9 Å². The molecule has 2 heterocycles. The van der Waals surface area contributed by atoms with Crippen LogP contribution in [0.15, 0.2) is 68.4 Å². The van der Waals surface area contributed by atoms with Gasteiger partial charge in [-0.1, -0.05) is 69.7 Å². The molecule has 28 heavy (non-hydrogen) atoms. The topological polar surface area (TPSA) is 33.5 Å². The maximum Gasteiger partial charge on any atom is 0.270 e. The molecule has 0 saturated carbocycles. The lowest BCUT2D eigenvalue weighted by Gasteiger charge is -2.17. The quantitative estimate of drug-likeness (QED) is 0.314. The minimum absolute atomic E-state index is 0.122. The number of amides is 1. The highest BCUT2D eigenvalue weighted by atomic mass is 79.9. The summed E-state index contributed by atoms with van der Waals surface area (Å²) in [6, 6.07) is 17.6. The Hall–Kier alpha value is -2.15. The number of hydrogen-bond acceptors (Lipinski definition) is 4. The first kappa shape index (κ1) is 19.2. The van der Waals surface area contributed by atoms with Crippen LogP contribution in [0.3, 0.4) is 0 Å². The van der Waals surface area contributed by atoms with Gasteiger partial charge in [0.1, 0.15) is 11.5 Å². The summed E-state index contributed by atoms with van der Waals surface area (Å²) < 4.78 is 7.46. The average Bonchev–Trinajstić information content (AvgIpc) is 3.22. The zero-order chi connectivity index (χ0) is 19.8. The van der Waals surface area contributed by atoms with Crippen molar-refractivity contribution in [3.63, 3.8) is 0 Å². The highest BCUT2D eigenvalue weighted by Crippen LogP contribution is 2.38. The Morgan fingerprint density at radius 1 is 1.07 bits per heavy atom. The van der Waals surface area contributed by atoms with Crippen LogP contribution in [0.1, 0.15) is 16.9 Å². The lowest BCUT2D eigenvalue weighted by molar-refractivity contribution is -0.113. The molecule has 0 bridgehead atoms. The zero-order valence-corrected chi connectivity index (χ0v) is 18.5. The van der Waals surface area contributed by atoms with E-state index in [-0.39, 0.29) is 5.91 Å². The number of thiocarbonyl (C=S) groups is 1. The highest BCUT2D eigenvalue weighted by molar-refractivity contribution is 9.10. The van der Waals surface area contributed by atoms with Gasteiger partial charge in [-0.2, -0.15) is 0 Å². The van der Waals surface area contributed by atoms with E-state index in [0.717, 1.165) is 32.6 Å². The Labute approximate surface area is 181 Å². The van der Waals surface area contributed by atoms with Crippen molar-refractivity contribution in [3.05, 3.63) is 80.9 Å². The van der Waals surface area contributed by atoms with Crippen LogP contribution in [0.25, 0.3) is 17.4 Å². The standard InChI is InChI=1S/C22H16BrNO2S2/c1-13-3-9-18(14(2)11-13)24-21(25)20(28-22(24)27)12-17-8-10-19(26-17)15-4-6-16(23)7-5-15/h3-12H,1-2H3/b20-12-. The van der Waals surface area contributed by atoms with Crippen LogP contribution in [-0.4, -0.2) is 10.2 Å². The molecule has 1 aromatic heterocycles. The van der Waals surface area contributed by atoms with Crippen molar-refractivity contribution in [3.8, 4) is 11.3 Å². The lowest BCUT2D eigenvalue weighted by Crippen LogP contribution is -2.28. The number of anilines is 1. The SMILES string of the molecule is Cc1ccc(N2C(=O)/C(=C/c3ccc(-c4ccc(Br)cc4)o3)SC2=S)c(C)c1. The van der Waals surface area contributed by atoms with E-state index >= 15 is 0 Å². The number of hydrogen-bond donors (Lipinski definition) is 0. The van der Waals surface area contributed by atoms with Gasteiger partial charge < -0.3 is 4.42 Å². The molecule has 3 nitrogen and oxygen atoms in total. The smallest absolute Gasteiger partial charge is 0.270 e. The van der Waals surface area contributed by atoms with Gasteiger partial charge in [-0.05, 0) is 49.7 Å². The van der Waals surface area contributed by atoms with Gasteiger partial charge in [0.15, 0.2) is 4.32 Å². The summed E-state index contributed by atoms with van der Waals surface area (Å²) in [4.78, 5) is 15.1. The summed E-state index contributed by atoms with van der Waals surface area (Å²) in [7, 11) is 0. The molecule has 1 aliphatic heterocycles. The second-order valence-electron chi connectivity index (χ2n) is 6.52. The molecule has 4 rings (SSSR count). The molecule has 0 atom stereocenters. The number of carbonyl (C=O) groups excluding carboxylic acids is 1. The van der Waals surface area contributed by atoms with Crippen LogP contribution in [0.4, 0.5) is 5.69 Å². The minimum Gasteiger partial charge on any atom is -0.457 e. The third kappa shape index (κ3) is 3.72. The van der Waals surface area contributed by atoms with Crippen LogP contribution in [0.5, 0.6) is 0 Å². The normalized spacial score (nSPS) is 15.7. The lowest BCUT2D eigenvalue weighted by atomic mass is 10.1. The largest absolute Gasteiger partial charge is 0.457 e. The summed E-state index contributed by atoms with van der Waals surface area (Å²) in [5, 5.41) is 0. The van der Waals surface area contributed by atoms with E-state index in [1.807, 2.05) is 62.4 Å². The molecule has 1 fully saturated rings. The van der Waals surface area contributed by atoms with Gasteiger partial charge in [-0.3, -0.25) is 9.69 Å². The molecule has 3 aromatic rings. The van der Waals surface area contributed by atoms with E-state index in [9.17, 15) is 4.79 Å². The van der Waals surface area contributed by atoms with Crippen LogP contribution in [0, 0.1) is 13.8 Å². The summed E-state index contributed by atoms with van der Waals surface area (Å²) in [5.41, 5.74) is 3.98. The van der Waals surface area contributed by atoms with Crippen LogP contribution in [-0.2, 0) is 4.79 Å². The van der Waals surface area contributed by atoms with E-state index < -0.39 is 0 Å². The van der Waals surface area contributed by atoms with E-state index in [1.165, 1.54) is 11.8 Å². The molecule has 1 amide bonds. The Kier molecular flexibility index (Phi) is 5.27. The Morgan fingerprint density at radius 3 is 2.54 bits per heavy atom. The second kappa shape index (κ2) is 7.70. The first-order chi connectivity index (χ1) is 13.4. The third-order valence-electron chi connectivity index (χ3n) is 4.42. The number of nitrogens with zero attached hydrogens (tertiary/aromatic N) is 1. The fraction of sp³-hybridized carbons (Fsp3) is 0.0909. The number of aryl methyl sites for hydroxylation is 2. The molecular weight excluding hydrogens is 454 g/mol. The monoisotopic (exact) mass is 469 g/mol. The first-order valence-electron chi connectivity index (χ1n) is 8.63. The third-order valence-corrected chi connectivity index (χ3v) is 6.25. The van der Waals surface area contributed by atoms with E-state index in [2.05, 4.69) is 22.0 Å². The predicted octanol–water partition coefficient (Wildman–Crippen LogP) is 6.73. The fourth-order valence-corrected chi connectivity index (χ4v) is 4.59. The van der Waals surface area contributed by atoms with Gasteiger partial charge in [0, 0.05) is 16.1 Å². The molecule has 2 aromatic carbocycles. The van der Waals surface area contributed by atoms with Gasteiger partial charge in [0.05, 0.1) is 10.6 Å². The predicted molar refractivity (Wildman–Crippen MR) is 123 cm³/mol.